The number of aliphatic hydroxyl groups is 1. The molecule has 24 heavy (non-hydrogen) atoms. The second kappa shape index (κ2) is 8.32. The van der Waals surface area contributed by atoms with Crippen LogP contribution in [0, 0.1) is 0 Å². The first-order valence-corrected chi connectivity index (χ1v) is 7.94. The molecule has 1 aliphatic heterocycles. The second-order valence-corrected chi connectivity index (χ2v) is 6.77. The minimum atomic E-state index is -0.900. The summed E-state index contributed by atoms with van der Waals surface area (Å²) in [6, 6.07) is -1.52. The van der Waals surface area contributed by atoms with E-state index in [0.29, 0.717) is 12.8 Å². The van der Waals surface area contributed by atoms with Crippen LogP contribution in [-0.2, 0) is 23.8 Å². The summed E-state index contributed by atoms with van der Waals surface area (Å²) in [6.45, 7) is 5.16. The Bertz CT molecular complexity index is 472. The van der Waals surface area contributed by atoms with Crippen LogP contribution in [0.4, 0.5) is 4.79 Å². The fraction of sp³-hybridized carbons (Fsp3) is 0.812. The van der Waals surface area contributed by atoms with Crippen molar-refractivity contribution in [2.45, 2.75) is 70.2 Å². The molecule has 1 amide bonds. The van der Waals surface area contributed by atoms with Gasteiger partial charge in [0, 0.05) is 12.8 Å². The van der Waals surface area contributed by atoms with E-state index in [1.165, 1.54) is 19.1 Å². The van der Waals surface area contributed by atoms with Crippen molar-refractivity contribution >= 4 is 18.0 Å². The maximum absolute atomic E-state index is 12.5. The van der Waals surface area contributed by atoms with Crippen molar-refractivity contribution in [3.63, 3.8) is 0 Å². The smallest absolute Gasteiger partial charge is 0.411 e. The molecule has 8 nitrogen and oxygen atoms in total. The van der Waals surface area contributed by atoms with Gasteiger partial charge in [-0.3, -0.25) is 9.69 Å². The van der Waals surface area contributed by atoms with Gasteiger partial charge in [0.2, 0.25) is 0 Å². The molecule has 0 bridgehead atoms. The fourth-order valence-electron chi connectivity index (χ4n) is 2.73. The maximum Gasteiger partial charge on any atom is 0.411 e. The van der Waals surface area contributed by atoms with E-state index in [4.69, 9.17) is 9.47 Å². The maximum atomic E-state index is 12.5. The summed E-state index contributed by atoms with van der Waals surface area (Å²) in [4.78, 5) is 36.9. The lowest BCUT2D eigenvalue weighted by Gasteiger charge is -2.31. The molecule has 1 saturated heterocycles. The van der Waals surface area contributed by atoms with Crippen LogP contribution in [-0.4, -0.2) is 66.0 Å². The normalized spacial score (nSPS) is 23.8. The lowest BCUT2D eigenvalue weighted by atomic mass is 10.0. The number of esters is 2. The molecule has 138 valence electrons. The zero-order chi connectivity index (χ0) is 18.5. The minimum absolute atomic E-state index is 0.0782. The second-order valence-electron chi connectivity index (χ2n) is 6.77. The molecule has 3 atom stereocenters. The average Bonchev–Trinajstić information content (AvgIpc) is 2.81. The van der Waals surface area contributed by atoms with Crippen LogP contribution >= 0.6 is 0 Å². The molecule has 1 heterocycles. The third-order valence-corrected chi connectivity index (χ3v) is 3.79. The van der Waals surface area contributed by atoms with E-state index in [-0.39, 0.29) is 18.8 Å². The molecule has 0 spiro atoms. The largest absolute Gasteiger partial charge is 0.469 e. The Morgan fingerprint density at radius 1 is 1.17 bits per heavy atom. The standard InChI is InChI=1S/C16H27NO7/c1-16(2,3)24-15(21)17-10(7-6-8-13(19)22-4)12(18)9-11(17)14(20)23-5/h10-12,18H,6-9H2,1-5H3/t10-,11-,12-/m1/s1. The van der Waals surface area contributed by atoms with Gasteiger partial charge >= 0.3 is 18.0 Å². The first-order valence-electron chi connectivity index (χ1n) is 7.94. The van der Waals surface area contributed by atoms with Gasteiger partial charge in [0.25, 0.3) is 0 Å². The molecular formula is C16H27NO7. The SMILES string of the molecule is COC(=O)CCC[C@@H]1[C@H](O)C[C@H](C(=O)OC)N1C(=O)OC(C)(C)C. The Balaban J connectivity index is 2.89. The zero-order valence-corrected chi connectivity index (χ0v) is 14.9. The van der Waals surface area contributed by atoms with Crippen LogP contribution in [0.15, 0.2) is 0 Å². The van der Waals surface area contributed by atoms with E-state index in [9.17, 15) is 19.5 Å². The lowest BCUT2D eigenvalue weighted by molar-refractivity contribution is -0.146. The monoisotopic (exact) mass is 345 g/mol. The molecule has 0 aromatic heterocycles. The highest BCUT2D eigenvalue weighted by Crippen LogP contribution is 2.30. The highest BCUT2D eigenvalue weighted by atomic mass is 16.6. The Kier molecular flexibility index (Phi) is 7.01. The van der Waals surface area contributed by atoms with Gasteiger partial charge in [-0.25, -0.2) is 9.59 Å². The third-order valence-electron chi connectivity index (χ3n) is 3.79. The number of methoxy groups -OCH3 is 2. The third kappa shape index (κ3) is 5.36. The predicted molar refractivity (Wildman–Crippen MR) is 84.2 cm³/mol. The topological polar surface area (TPSA) is 102 Å². The Morgan fingerprint density at radius 2 is 1.79 bits per heavy atom. The first kappa shape index (κ1) is 20.2. The van der Waals surface area contributed by atoms with Crippen LogP contribution in [0.1, 0.15) is 46.5 Å². The van der Waals surface area contributed by atoms with Gasteiger partial charge in [-0.1, -0.05) is 0 Å². The molecule has 0 aromatic carbocycles. The van der Waals surface area contributed by atoms with E-state index in [0.717, 1.165) is 0 Å². The number of aliphatic hydroxyl groups excluding tert-OH is 1. The minimum Gasteiger partial charge on any atom is -0.469 e. The van der Waals surface area contributed by atoms with Gasteiger partial charge in [0.1, 0.15) is 11.6 Å². The molecule has 0 radical (unpaired) electrons. The molecular weight excluding hydrogens is 318 g/mol. The van der Waals surface area contributed by atoms with E-state index in [2.05, 4.69) is 4.74 Å². The Hall–Kier alpha value is -1.83. The fourth-order valence-corrected chi connectivity index (χ4v) is 2.73. The van der Waals surface area contributed by atoms with Crippen molar-refractivity contribution in [1.82, 2.24) is 4.90 Å². The van der Waals surface area contributed by atoms with Crippen molar-refractivity contribution in [3.8, 4) is 0 Å². The van der Waals surface area contributed by atoms with Crippen molar-refractivity contribution in [2.75, 3.05) is 14.2 Å². The molecule has 1 fully saturated rings. The van der Waals surface area contributed by atoms with Gasteiger partial charge in [0.05, 0.1) is 26.4 Å². The number of hydrogen-bond donors (Lipinski definition) is 1. The van der Waals surface area contributed by atoms with Crippen LogP contribution in [0.2, 0.25) is 0 Å². The van der Waals surface area contributed by atoms with Gasteiger partial charge < -0.3 is 19.3 Å². The number of amides is 1. The molecule has 0 unspecified atom stereocenters. The zero-order valence-electron chi connectivity index (χ0n) is 14.9. The number of carbonyl (C=O) groups excluding carboxylic acids is 3. The van der Waals surface area contributed by atoms with E-state index >= 15 is 0 Å². The number of ether oxygens (including phenoxy) is 3. The van der Waals surface area contributed by atoms with E-state index in [1.807, 2.05) is 0 Å². The summed E-state index contributed by atoms with van der Waals surface area (Å²) >= 11 is 0. The van der Waals surface area contributed by atoms with Crippen LogP contribution < -0.4 is 0 Å². The van der Waals surface area contributed by atoms with Crippen LogP contribution in [0.25, 0.3) is 0 Å². The molecule has 0 aliphatic carbocycles. The summed E-state index contributed by atoms with van der Waals surface area (Å²) in [5.41, 5.74) is -0.734. The molecule has 1 aliphatic rings. The molecule has 0 aromatic rings. The van der Waals surface area contributed by atoms with E-state index in [1.54, 1.807) is 20.8 Å². The predicted octanol–water partition coefficient (Wildman–Crippen LogP) is 1.24. The Morgan fingerprint density at radius 3 is 2.29 bits per heavy atom. The number of nitrogens with zero attached hydrogens (tertiary/aromatic N) is 1. The summed E-state index contributed by atoms with van der Waals surface area (Å²) in [7, 11) is 2.53. The summed E-state index contributed by atoms with van der Waals surface area (Å²) in [5, 5.41) is 10.3. The Labute approximate surface area is 142 Å². The molecule has 8 heteroatoms. The van der Waals surface area contributed by atoms with Crippen LogP contribution in [0.3, 0.4) is 0 Å². The summed E-state index contributed by atoms with van der Waals surface area (Å²) in [5.74, 6) is -0.966. The quantitative estimate of drug-likeness (QED) is 0.591. The van der Waals surface area contributed by atoms with Gasteiger partial charge in [-0.2, -0.15) is 0 Å². The molecule has 1 N–H and O–H groups in total. The lowest BCUT2D eigenvalue weighted by Crippen LogP contribution is -2.48. The van der Waals surface area contributed by atoms with Crippen molar-refractivity contribution < 1.29 is 33.7 Å². The van der Waals surface area contributed by atoms with Crippen molar-refractivity contribution in [3.05, 3.63) is 0 Å². The van der Waals surface area contributed by atoms with Crippen molar-refractivity contribution in [1.29, 1.82) is 0 Å². The summed E-state index contributed by atoms with van der Waals surface area (Å²) < 4.78 is 14.7. The van der Waals surface area contributed by atoms with Crippen molar-refractivity contribution in [2.24, 2.45) is 0 Å². The van der Waals surface area contributed by atoms with Gasteiger partial charge in [-0.05, 0) is 33.6 Å². The number of likely N-dealkylation sites (tertiary alicyclic amines) is 1. The number of hydrogen-bond acceptors (Lipinski definition) is 7. The highest BCUT2D eigenvalue weighted by molar-refractivity contribution is 5.82. The van der Waals surface area contributed by atoms with Gasteiger partial charge in [-0.15, -0.1) is 0 Å². The highest BCUT2D eigenvalue weighted by Gasteiger charge is 2.48. The average molecular weight is 345 g/mol. The van der Waals surface area contributed by atoms with Gasteiger partial charge in [0.15, 0.2) is 0 Å². The molecule has 1 rings (SSSR count). The van der Waals surface area contributed by atoms with Crippen LogP contribution in [0.5, 0.6) is 0 Å². The summed E-state index contributed by atoms with van der Waals surface area (Å²) in [6.07, 6.45) is -0.554. The number of carbonyl (C=O) groups is 3. The number of rotatable bonds is 5. The first-order chi connectivity index (χ1) is 11.1. The van der Waals surface area contributed by atoms with E-state index < -0.39 is 35.9 Å². The molecule has 0 saturated carbocycles.